The smallest absolute Gasteiger partial charge is 0.244 e. The Morgan fingerprint density at radius 2 is 1.81 bits per heavy atom. The summed E-state index contributed by atoms with van der Waals surface area (Å²) in [6, 6.07) is 8.19. The SMILES string of the molecule is CC[C@@H](C(=O)N[C@H](C)c1cc(OC)ccc1OC)N(c1cc(Cl)ccc1Cl)S(C)(=O)=O. The summed E-state index contributed by atoms with van der Waals surface area (Å²) in [4.78, 5) is 13.2. The maximum atomic E-state index is 13.2. The van der Waals surface area contributed by atoms with Gasteiger partial charge in [0, 0.05) is 10.6 Å². The summed E-state index contributed by atoms with van der Waals surface area (Å²) in [6.45, 7) is 3.50. The van der Waals surface area contributed by atoms with Crippen LogP contribution < -0.4 is 19.1 Å². The minimum atomic E-state index is -3.85. The molecule has 0 aromatic heterocycles. The van der Waals surface area contributed by atoms with Gasteiger partial charge in [-0.3, -0.25) is 9.10 Å². The minimum absolute atomic E-state index is 0.144. The van der Waals surface area contributed by atoms with E-state index in [1.165, 1.54) is 19.2 Å². The zero-order chi connectivity index (χ0) is 23.3. The maximum absolute atomic E-state index is 13.2. The van der Waals surface area contributed by atoms with Crippen LogP contribution in [0.15, 0.2) is 36.4 Å². The fourth-order valence-corrected chi connectivity index (χ4v) is 4.90. The summed E-state index contributed by atoms with van der Waals surface area (Å²) in [5, 5.41) is 3.35. The lowest BCUT2D eigenvalue weighted by atomic mass is 10.1. The van der Waals surface area contributed by atoms with Gasteiger partial charge in [0.2, 0.25) is 15.9 Å². The van der Waals surface area contributed by atoms with E-state index in [4.69, 9.17) is 32.7 Å². The molecule has 31 heavy (non-hydrogen) atoms. The van der Waals surface area contributed by atoms with Crippen molar-refractivity contribution in [3.8, 4) is 11.5 Å². The fraction of sp³-hybridized carbons (Fsp3) is 0.381. The Bertz CT molecular complexity index is 1050. The Kier molecular flexibility index (Phi) is 8.45. The zero-order valence-electron chi connectivity index (χ0n) is 18.0. The van der Waals surface area contributed by atoms with Gasteiger partial charge in [-0.25, -0.2) is 8.42 Å². The van der Waals surface area contributed by atoms with Crippen LogP contribution in [-0.4, -0.2) is 40.8 Å². The normalized spacial score (nSPS) is 13.3. The van der Waals surface area contributed by atoms with E-state index in [-0.39, 0.29) is 17.1 Å². The number of ether oxygens (including phenoxy) is 2. The second-order valence-corrected chi connectivity index (χ2v) is 9.62. The van der Waals surface area contributed by atoms with Gasteiger partial charge in [-0.1, -0.05) is 30.1 Å². The summed E-state index contributed by atoms with van der Waals surface area (Å²) in [5.74, 6) is 0.688. The predicted molar refractivity (Wildman–Crippen MR) is 124 cm³/mol. The van der Waals surface area contributed by atoms with E-state index in [2.05, 4.69) is 5.32 Å². The molecule has 0 bridgehead atoms. The van der Waals surface area contributed by atoms with Crippen molar-refractivity contribution < 1.29 is 22.7 Å². The third-order valence-corrected chi connectivity index (χ3v) is 6.46. The number of methoxy groups -OCH3 is 2. The molecule has 2 atom stereocenters. The van der Waals surface area contributed by atoms with Crippen LogP contribution in [0.4, 0.5) is 5.69 Å². The molecule has 1 amide bonds. The van der Waals surface area contributed by atoms with Crippen molar-refractivity contribution in [3.05, 3.63) is 52.0 Å². The molecular weight excluding hydrogens is 463 g/mol. The number of halogens is 2. The first-order valence-electron chi connectivity index (χ1n) is 9.50. The highest BCUT2D eigenvalue weighted by atomic mass is 35.5. The third kappa shape index (κ3) is 5.96. The van der Waals surface area contributed by atoms with Crippen molar-refractivity contribution in [2.45, 2.75) is 32.4 Å². The Hall–Kier alpha value is -2.16. The molecule has 170 valence electrons. The molecule has 0 aliphatic rings. The molecule has 0 unspecified atom stereocenters. The first-order chi connectivity index (χ1) is 14.5. The van der Waals surface area contributed by atoms with Crippen LogP contribution in [0.5, 0.6) is 11.5 Å². The van der Waals surface area contributed by atoms with Crippen LogP contribution in [0.25, 0.3) is 0 Å². The van der Waals surface area contributed by atoms with E-state index in [9.17, 15) is 13.2 Å². The summed E-state index contributed by atoms with van der Waals surface area (Å²) in [5.41, 5.74) is 0.835. The van der Waals surface area contributed by atoms with Gasteiger partial charge in [-0.05, 0) is 49.7 Å². The van der Waals surface area contributed by atoms with Gasteiger partial charge in [-0.15, -0.1) is 0 Å². The lowest BCUT2D eigenvalue weighted by Crippen LogP contribution is -2.49. The number of rotatable bonds is 9. The molecule has 0 radical (unpaired) electrons. The van der Waals surface area contributed by atoms with Crippen molar-refractivity contribution in [1.82, 2.24) is 5.32 Å². The number of anilines is 1. The highest BCUT2D eigenvalue weighted by Crippen LogP contribution is 2.34. The number of hydrogen-bond acceptors (Lipinski definition) is 5. The van der Waals surface area contributed by atoms with Crippen LogP contribution in [0.1, 0.15) is 31.9 Å². The molecule has 2 rings (SSSR count). The Labute approximate surface area is 193 Å². The van der Waals surface area contributed by atoms with Crippen LogP contribution in [0, 0.1) is 0 Å². The molecule has 2 aromatic rings. The van der Waals surface area contributed by atoms with Gasteiger partial charge >= 0.3 is 0 Å². The molecule has 0 aliphatic heterocycles. The van der Waals surface area contributed by atoms with E-state index < -0.39 is 28.0 Å². The Morgan fingerprint density at radius 1 is 1.13 bits per heavy atom. The van der Waals surface area contributed by atoms with Crippen molar-refractivity contribution >= 4 is 44.8 Å². The molecule has 0 heterocycles. The molecule has 2 aromatic carbocycles. The zero-order valence-corrected chi connectivity index (χ0v) is 20.3. The molecule has 1 N–H and O–H groups in total. The van der Waals surface area contributed by atoms with Crippen molar-refractivity contribution in [1.29, 1.82) is 0 Å². The number of carbonyl (C=O) groups is 1. The van der Waals surface area contributed by atoms with E-state index in [0.29, 0.717) is 22.1 Å². The van der Waals surface area contributed by atoms with Crippen molar-refractivity contribution in [3.63, 3.8) is 0 Å². The summed E-state index contributed by atoms with van der Waals surface area (Å²) in [7, 11) is -0.781. The number of benzene rings is 2. The number of nitrogens with zero attached hydrogens (tertiary/aromatic N) is 1. The molecular formula is C21H26Cl2N2O5S. The van der Waals surface area contributed by atoms with E-state index in [1.54, 1.807) is 45.2 Å². The van der Waals surface area contributed by atoms with Crippen molar-refractivity contribution in [2.75, 3.05) is 24.8 Å². The van der Waals surface area contributed by atoms with Crippen LogP contribution >= 0.6 is 23.2 Å². The van der Waals surface area contributed by atoms with Gasteiger partial charge in [0.1, 0.15) is 17.5 Å². The molecule has 0 fully saturated rings. The molecule has 10 heteroatoms. The standard InChI is InChI=1S/C21H26Cl2N2O5S/c1-6-18(25(31(5,27)28)19-11-14(22)7-9-17(19)23)21(26)24-13(2)16-12-15(29-3)8-10-20(16)30-4/h7-13,18H,6H2,1-5H3,(H,24,26)/t13-,18+/m1/s1. The highest BCUT2D eigenvalue weighted by molar-refractivity contribution is 7.92. The highest BCUT2D eigenvalue weighted by Gasteiger charge is 2.33. The number of amides is 1. The van der Waals surface area contributed by atoms with Crippen LogP contribution in [-0.2, 0) is 14.8 Å². The number of carbonyl (C=O) groups excluding carboxylic acids is 1. The second-order valence-electron chi connectivity index (χ2n) is 6.92. The molecule has 7 nitrogen and oxygen atoms in total. The number of sulfonamides is 1. The monoisotopic (exact) mass is 488 g/mol. The summed E-state index contributed by atoms with van der Waals surface area (Å²) < 4.78 is 37.0. The summed E-state index contributed by atoms with van der Waals surface area (Å²) in [6.07, 6.45) is 1.23. The first kappa shape index (κ1) is 25.1. The Morgan fingerprint density at radius 3 is 2.35 bits per heavy atom. The predicted octanol–water partition coefficient (Wildman–Crippen LogP) is 4.43. The quantitative estimate of drug-likeness (QED) is 0.563. The van der Waals surface area contributed by atoms with Gasteiger partial charge in [0.15, 0.2) is 0 Å². The number of hydrogen-bond donors (Lipinski definition) is 1. The van der Waals surface area contributed by atoms with Gasteiger partial charge in [0.05, 0.1) is 37.2 Å². The molecule has 0 saturated heterocycles. The van der Waals surface area contributed by atoms with E-state index >= 15 is 0 Å². The molecule has 0 aliphatic carbocycles. The number of nitrogens with one attached hydrogen (secondary N) is 1. The van der Waals surface area contributed by atoms with Gasteiger partial charge in [-0.2, -0.15) is 0 Å². The Balaban J connectivity index is 2.42. The van der Waals surface area contributed by atoms with Crippen LogP contribution in [0.2, 0.25) is 10.0 Å². The minimum Gasteiger partial charge on any atom is -0.497 e. The van der Waals surface area contributed by atoms with E-state index in [0.717, 1.165) is 10.6 Å². The van der Waals surface area contributed by atoms with Crippen LogP contribution in [0.3, 0.4) is 0 Å². The van der Waals surface area contributed by atoms with E-state index in [1.807, 2.05) is 0 Å². The van der Waals surface area contributed by atoms with Crippen molar-refractivity contribution in [2.24, 2.45) is 0 Å². The fourth-order valence-electron chi connectivity index (χ4n) is 3.26. The van der Waals surface area contributed by atoms with Gasteiger partial charge < -0.3 is 14.8 Å². The first-order valence-corrected chi connectivity index (χ1v) is 12.1. The summed E-state index contributed by atoms with van der Waals surface area (Å²) >= 11 is 12.3. The lowest BCUT2D eigenvalue weighted by molar-refractivity contribution is -0.122. The topological polar surface area (TPSA) is 84.9 Å². The maximum Gasteiger partial charge on any atom is 0.244 e. The second kappa shape index (κ2) is 10.4. The molecule has 0 saturated carbocycles. The average Bonchev–Trinajstić information content (AvgIpc) is 2.72. The lowest BCUT2D eigenvalue weighted by Gasteiger charge is -2.32. The molecule has 0 spiro atoms. The average molecular weight is 489 g/mol. The third-order valence-electron chi connectivity index (χ3n) is 4.74. The van der Waals surface area contributed by atoms with Gasteiger partial charge in [0.25, 0.3) is 0 Å². The largest absolute Gasteiger partial charge is 0.497 e.